The zero-order valence-corrected chi connectivity index (χ0v) is 14.3. The maximum Gasteiger partial charge on any atom is 0.286 e. The van der Waals surface area contributed by atoms with Crippen molar-refractivity contribution < 1.29 is 9.59 Å². The molecule has 3 rings (SSSR count). The van der Waals surface area contributed by atoms with E-state index in [1.165, 1.54) is 6.20 Å². The van der Waals surface area contributed by atoms with Crippen LogP contribution in [-0.2, 0) is 0 Å². The molecule has 0 aliphatic carbocycles. The molecule has 0 radical (unpaired) electrons. The molecule has 7 nitrogen and oxygen atoms in total. The standard InChI is InChI=1S/C16H14BrN5O2/c1-10-13(9-19-22(10)12-5-3-2-4-6-12)15(23)20-21-16(24)14-7-11(17)8-18-14/h2-9,18H,1H3,(H,20,23)(H,21,24). The maximum absolute atomic E-state index is 12.3. The molecule has 0 bridgehead atoms. The van der Waals surface area contributed by atoms with Crippen LogP contribution in [0.1, 0.15) is 26.5 Å². The fraction of sp³-hybridized carbons (Fsp3) is 0.0625. The number of aromatic amines is 1. The Morgan fingerprint density at radius 1 is 1.17 bits per heavy atom. The lowest BCUT2D eigenvalue weighted by Gasteiger charge is -2.07. The molecule has 0 aliphatic rings. The van der Waals surface area contributed by atoms with Crippen LogP contribution in [0.2, 0.25) is 0 Å². The van der Waals surface area contributed by atoms with Gasteiger partial charge in [-0.05, 0) is 41.1 Å². The van der Waals surface area contributed by atoms with E-state index in [0.29, 0.717) is 17.0 Å². The summed E-state index contributed by atoms with van der Waals surface area (Å²) >= 11 is 3.24. The van der Waals surface area contributed by atoms with Crippen molar-refractivity contribution in [3.8, 4) is 5.69 Å². The van der Waals surface area contributed by atoms with Crippen molar-refractivity contribution >= 4 is 27.7 Å². The number of aromatic nitrogens is 3. The van der Waals surface area contributed by atoms with Crippen molar-refractivity contribution in [3.05, 3.63) is 70.2 Å². The number of benzene rings is 1. The summed E-state index contributed by atoms with van der Waals surface area (Å²) in [5, 5.41) is 4.23. The Labute approximate surface area is 146 Å². The lowest BCUT2D eigenvalue weighted by Crippen LogP contribution is -2.41. The van der Waals surface area contributed by atoms with Gasteiger partial charge in [-0.2, -0.15) is 5.10 Å². The predicted octanol–water partition coefficient (Wildman–Crippen LogP) is 2.35. The molecule has 0 aliphatic heterocycles. The molecule has 3 aromatic rings. The van der Waals surface area contributed by atoms with Crippen LogP contribution in [0.15, 0.2) is 53.3 Å². The molecule has 24 heavy (non-hydrogen) atoms. The molecule has 0 unspecified atom stereocenters. The smallest absolute Gasteiger partial charge is 0.286 e. The Balaban J connectivity index is 1.70. The highest BCUT2D eigenvalue weighted by atomic mass is 79.9. The number of H-pyrrole nitrogens is 1. The van der Waals surface area contributed by atoms with E-state index in [0.717, 1.165) is 10.2 Å². The minimum absolute atomic E-state index is 0.332. The molecule has 0 saturated carbocycles. The summed E-state index contributed by atoms with van der Waals surface area (Å²) < 4.78 is 2.41. The minimum atomic E-state index is -0.442. The fourth-order valence-corrected chi connectivity index (χ4v) is 2.55. The first kappa shape index (κ1) is 16.0. The molecule has 122 valence electrons. The van der Waals surface area contributed by atoms with E-state index in [2.05, 4.69) is 36.9 Å². The summed E-state index contributed by atoms with van der Waals surface area (Å²) in [5.41, 5.74) is 6.99. The van der Waals surface area contributed by atoms with E-state index in [-0.39, 0.29) is 0 Å². The van der Waals surface area contributed by atoms with Crippen LogP contribution in [0.3, 0.4) is 0 Å². The monoisotopic (exact) mass is 387 g/mol. The second-order valence-corrected chi connectivity index (χ2v) is 5.95. The zero-order chi connectivity index (χ0) is 17.1. The number of amides is 2. The van der Waals surface area contributed by atoms with Gasteiger partial charge in [-0.25, -0.2) is 4.68 Å². The van der Waals surface area contributed by atoms with Gasteiger partial charge in [0.05, 0.1) is 23.1 Å². The lowest BCUT2D eigenvalue weighted by molar-refractivity contribution is 0.0844. The zero-order valence-electron chi connectivity index (χ0n) is 12.7. The van der Waals surface area contributed by atoms with Gasteiger partial charge in [0.25, 0.3) is 11.8 Å². The van der Waals surface area contributed by atoms with E-state index in [1.54, 1.807) is 23.9 Å². The number of para-hydroxylation sites is 1. The van der Waals surface area contributed by atoms with Gasteiger partial charge in [0.1, 0.15) is 5.69 Å². The van der Waals surface area contributed by atoms with Crippen LogP contribution in [0.5, 0.6) is 0 Å². The van der Waals surface area contributed by atoms with Crippen LogP contribution in [0.4, 0.5) is 0 Å². The molecular formula is C16H14BrN5O2. The summed E-state index contributed by atoms with van der Waals surface area (Å²) in [6.07, 6.45) is 3.10. The molecule has 0 fully saturated rings. The van der Waals surface area contributed by atoms with Gasteiger partial charge in [-0.1, -0.05) is 18.2 Å². The SMILES string of the molecule is Cc1c(C(=O)NNC(=O)c2cc(Br)c[nH]2)cnn1-c1ccccc1. The average Bonchev–Trinajstić information content (AvgIpc) is 3.19. The third kappa shape index (κ3) is 3.23. The Kier molecular flexibility index (Phi) is 4.48. The quantitative estimate of drug-likeness (QED) is 0.602. The van der Waals surface area contributed by atoms with Crippen molar-refractivity contribution in [3.63, 3.8) is 0 Å². The summed E-state index contributed by atoms with van der Waals surface area (Å²) in [4.78, 5) is 26.9. The topological polar surface area (TPSA) is 91.8 Å². The molecule has 0 spiro atoms. The highest BCUT2D eigenvalue weighted by Gasteiger charge is 2.16. The molecule has 0 atom stereocenters. The number of nitrogens with one attached hydrogen (secondary N) is 3. The summed E-state index contributed by atoms with van der Waals surface area (Å²) in [7, 11) is 0. The van der Waals surface area contributed by atoms with Crippen LogP contribution >= 0.6 is 15.9 Å². The molecule has 8 heteroatoms. The van der Waals surface area contributed by atoms with Crippen molar-refractivity contribution in [1.29, 1.82) is 0 Å². The van der Waals surface area contributed by atoms with Gasteiger partial charge in [-0.3, -0.25) is 20.4 Å². The number of carbonyl (C=O) groups is 2. The molecule has 2 heterocycles. The Hall–Kier alpha value is -2.87. The van der Waals surface area contributed by atoms with Crippen molar-refractivity contribution in [2.75, 3.05) is 0 Å². The van der Waals surface area contributed by atoms with Gasteiger partial charge < -0.3 is 4.98 Å². The number of nitrogens with zero attached hydrogens (tertiary/aromatic N) is 2. The van der Waals surface area contributed by atoms with E-state index >= 15 is 0 Å². The van der Waals surface area contributed by atoms with Gasteiger partial charge >= 0.3 is 0 Å². The molecule has 3 N–H and O–H groups in total. The van der Waals surface area contributed by atoms with E-state index in [4.69, 9.17) is 0 Å². The summed E-state index contributed by atoms with van der Waals surface area (Å²) in [6, 6.07) is 11.1. The molecular weight excluding hydrogens is 374 g/mol. The van der Waals surface area contributed by atoms with E-state index < -0.39 is 11.8 Å². The number of hydrazine groups is 1. The van der Waals surface area contributed by atoms with Gasteiger partial charge in [0.2, 0.25) is 0 Å². The van der Waals surface area contributed by atoms with Gasteiger partial charge in [0.15, 0.2) is 0 Å². The van der Waals surface area contributed by atoms with Crippen molar-refractivity contribution in [2.24, 2.45) is 0 Å². The maximum atomic E-state index is 12.3. The number of hydrogen-bond acceptors (Lipinski definition) is 3. The second kappa shape index (κ2) is 6.71. The summed E-state index contributed by atoms with van der Waals surface area (Å²) in [5.74, 6) is -0.879. The van der Waals surface area contributed by atoms with Crippen LogP contribution in [0.25, 0.3) is 5.69 Å². The molecule has 2 amide bonds. The third-order valence-electron chi connectivity index (χ3n) is 3.44. The largest absolute Gasteiger partial charge is 0.356 e. The van der Waals surface area contributed by atoms with E-state index in [1.807, 2.05) is 30.3 Å². The van der Waals surface area contributed by atoms with Crippen LogP contribution in [0, 0.1) is 6.92 Å². The number of carbonyl (C=O) groups excluding carboxylic acids is 2. The first-order valence-corrected chi connectivity index (χ1v) is 7.90. The third-order valence-corrected chi connectivity index (χ3v) is 3.89. The summed E-state index contributed by atoms with van der Waals surface area (Å²) in [6.45, 7) is 1.79. The number of hydrogen-bond donors (Lipinski definition) is 3. The Morgan fingerprint density at radius 3 is 2.54 bits per heavy atom. The van der Waals surface area contributed by atoms with Crippen LogP contribution in [-0.4, -0.2) is 26.6 Å². The predicted molar refractivity (Wildman–Crippen MR) is 91.7 cm³/mol. The Morgan fingerprint density at radius 2 is 1.88 bits per heavy atom. The lowest BCUT2D eigenvalue weighted by atomic mass is 10.2. The van der Waals surface area contributed by atoms with Gasteiger partial charge in [0, 0.05) is 10.7 Å². The van der Waals surface area contributed by atoms with Crippen molar-refractivity contribution in [2.45, 2.75) is 6.92 Å². The van der Waals surface area contributed by atoms with E-state index in [9.17, 15) is 9.59 Å². The van der Waals surface area contributed by atoms with Crippen LogP contribution < -0.4 is 10.9 Å². The fourth-order valence-electron chi connectivity index (χ4n) is 2.21. The minimum Gasteiger partial charge on any atom is -0.356 e. The highest BCUT2D eigenvalue weighted by molar-refractivity contribution is 9.10. The Bertz CT molecular complexity index is 885. The first-order chi connectivity index (χ1) is 11.6. The first-order valence-electron chi connectivity index (χ1n) is 7.11. The molecule has 2 aromatic heterocycles. The van der Waals surface area contributed by atoms with Crippen molar-refractivity contribution in [1.82, 2.24) is 25.6 Å². The second-order valence-electron chi connectivity index (χ2n) is 5.03. The molecule has 0 saturated heterocycles. The normalized spacial score (nSPS) is 10.4. The average molecular weight is 388 g/mol. The number of rotatable bonds is 3. The highest BCUT2D eigenvalue weighted by Crippen LogP contribution is 2.14. The van der Waals surface area contributed by atoms with Gasteiger partial charge in [-0.15, -0.1) is 0 Å². The molecule has 1 aromatic carbocycles. The number of halogens is 1.